The van der Waals surface area contributed by atoms with Crippen molar-refractivity contribution in [3.05, 3.63) is 11.1 Å². The lowest BCUT2D eigenvalue weighted by molar-refractivity contribution is -0.138. The second-order valence-electron chi connectivity index (χ2n) is 4.80. The molecule has 0 radical (unpaired) electrons. The van der Waals surface area contributed by atoms with Crippen LogP contribution in [0.1, 0.15) is 31.5 Å². The van der Waals surface area contributed by atoms with Gasteiger partial charge in [-0.05, 0) is 19.8 Å². The van der Waals surface area contributed by atoms with Gasteiger partial charge < -0.3 is 20.5 Å². The van der Waals surface area contributed by atoms with Gasteiger partial charge in [-0.3, -0.25) is 4.79 Å². The molecular weight excluding hydrogens is 266 g/mol. The number of carboxylic acid groups (broad SMARTS) is 1. The van der Waals surface area contributed by atoms with Gasteiger partial charge in [-0.1, -0.05) is 0 Å². The fourth-order valence-electron chi connectivity index (χ4n) is 2.30. The van der Waals surface area contributed by atoms with Gasteiger partial charge in [0.25, 0.3) is 0 Å². The number of carboxylic acids is 1. The molecule has 3 unspecified atom stereocenters. The van der Waals surface area contributed by atoms with Crippen LogP contribution in [0.2, 0.25) is 0 Å². The Morgan fingerprint density at radius 3 is 3.05 bits per heavy atom. The Labute approximate surface area is 116 Å². The number of hydrogen-bond donors (Lipinski definition) is 2. The Morgan fingerprint density at radius 2 is 2.47 bits per heavy atom. The number of aliphatic carboxylic acids is 1. The van der Waals surface area contributed by atoms with E-state index in [4.69, 9.17) is 15.6 Å². The molecule has 1 aliphatic rings. The molecule has 3 atom stereocenters. The summed E-state index contributed by atoms with van der Waals surface area (Å²) in [6.45, 7) is 3.00. The Balaban J connectivity index is 2.09. The van der Waals surface area contributed by atoms with Crippen LogP contribution in [-0.2, 0) is 9.53 Å². The van der Waals surface area contributed by atoms with E-state index in [1.165, 1.54) is 11.3 Å². The molecule has 0 saturated carbocycles. The molecule has 0 amide bonds. The van der Waals surface area contributed by atoms with Crippen molar-refractivity contribution in [2.45, 2.75) is 38.0 Å². The summed E-state index contributed by atoms with van der Waals surface area (Å²) in [6, 6.07) is -0.712. The first-order valence-corrected chi connectivity index (χ1v) is 7.14. The van der Waals surface area contributed by atoms with Gasteiger partial charge in [-0.2, -0.15) is 0 Å². The van der Waals surface area contributed by atoms with Gasteiger partial charge in [0, 0.05) is 25.1 Å². The molecule has 1 saturated heterocycles. The van der Waals surface area contributed by atoms with E-state index < -0.39 is 12.0 Å². The van der Waals surface area contributed by atoms with E-state index in [1.54, 1.807) is 12.5 Å². The molecule has 0 aromatic carbocycles. The lowest BCUT2D eigenvalue weighted by Crippen LogP contribution is -2.43. The molecule has 2 heterocycles. The smallest absolute Gasteiger partial charge is 0.326 e. The highest BCUT2D eigenvalue weighted by Crippen LogP contribution is 2.29. The van der Waals surface area contributed by atoms with Crippen LogP contribution in [-0.4, -0.2) is 41.9 Å². The van der Waals surface area contributed by atoms with Crippen molar-refractivity contribution in [1.29, 1.82) is 0 Å². The van der Waals surface area contributed by atoms with E-state index in [0.29, 0.717) is 17.8 Å². The first-order valence-electron chi connectivity index (χ1n) is 6.26. The number of nitrogens with two attached hydrogens (primary N) is 1. The van der Waals surface area contributed by atoms with Crippen molar-refractivity contribution in [3.63, 3.8) is 0 Å². The van der Waals surface area contributed by atoms with Crippen molar-refractivity contribution in [3.8, 4) is 0 Å². The summed E-state index contributed by atoms with van der Waals surface area (Å²) in [7, 11) is 1.74. The zero-order valence-corrected chi connectivity index (χ0v) is 11.9. The maximum Gasteiger partial charge on any atom is 0.326 e. The lowest BCUT2D eigenvalue weighted by atomic mass is 10.0. The van der Waals surface area contributed by atoms with Gasteiger partial charge in [0.15, 0.2) is 5.13 Å². The highest BCUT2D eigenvalue weighted by Gasteiger charge is 2.28. The molecule has 106 valence electrons. The minimum atomic E-state index is -1.05. The first-order chi connectivity index (χ1) is 9.02. The van der Waals surface area contributed by atoms with Crippen LogP contribution in [0.4, 0.5) is 5.13 Å². The van der Waals surface area contributed by atoms with Gasteiger partial charge >= 0.3 is 5.97 Å². The molecule has 19 heavy (non-hydrogen) atoms. The van der Waals surface area contributed by atoms with Crippen LogP contribution in [0, 0.1) is 0 Å². The summed E-state index contributed by atoms with van der Waals surface area (Å²) in [5.74, 6) is -1.05. The number of piperidine rings is 1. The number of ether oxygens (including phenoxy) is 1. The monoisotopic (exact) mass is 285 g/mol. The molecule has 0 spiro atoms. The Hall–Kier alpha value is -1.18. The minimum Gasteiger partial charge on any atom is -0.480 e. The second kappa shape index (κ2) is 5.85. The van der Waals surface area contributed by atoms with Crippen molar-refractivity contribution in [1.82, 2.24) is 4.98 Å². The first kappa shape index (κ1) is 14.2. The Bertz CT molecular complexity index is 451. The average molecular weight is 285 g/mol. The van der Waals surface area contributed by atoms with Gasteiger partial charge in [0.2, 0.25) is 0 Å². The van der Waals surface area contributed by atoms with Crippen LogP contribution < -0.4 is 10.6 Å². The Kier molecular flexibility index (Phi) is 4.38. The third-order valence-electron chi connectivity index (χ3n) is 3.50. The number of hydrogen-bond acceptors (Lipinski definition) is 6. The molecule has 2 rings (SSSR count). The minimum absolute atomic E-state index is 0.298. The highest BCUT2D eigenvalue weighted by molar-refractivity contribution is 7.13. The summed E-state index contributed by atoms with van der Waals surface area (Å²) in [4.78, 5) is 17.4. The van der Waals surface area contributed by atoms with Crippen molar-refractivity contribution in [2.24, 2.45) is 5.73 Å². The number of methoxy groups -OCH3 is 1. The van der Waals surface area contributed by atoms with E-state index in [2.05, 4.69) is 16.8 Å². The topological polar surface area (TPSA) is 88.7 Å². The van der Waals surface area contributed by atoms with Crippen LogP contribution in [0.25, 0.3) is 0 Å². The Morgan fingerprint density at radius 1 is 1.74 bits per heavy atom. The van der Waals surface area contributed by atoms with E-state index in [9.17, 15) is 4.79 Å². The summed E-state index contributed by atoms with van der Waals surface area (Å²) in [5.41, 5.74) is 5.99. The number of rotatable bonds is 4. The van der Waals surface area contributed by atoms with Crippen LogP contribution in [0.15, 0.2) is 5.38 Å². The molecule has 0 aliphatic carbocycles. The molecule has 7 heteroatoms. The van der Waals surface area contributed by atoms with Crippen molar-refractivity contribution < 1.29 is 14.6 Å². The summed E-state index contributed by atoms with van der Waals surface area (Å²) >= 11 is 1.45. The number of aromatic nitrogens is 1. The molecule has 6 nitrogen and oxygen atoms in total. The maximum absolute atomic E-state index is 10.8. The van der Waals surface area contributed by atoms with E-state index in [0.717, 1.165) is 24.5 Å². The zero-order valence-electron chi connectivity index (χ0n) is 11.1. The molecule has 1 aromatic rings. The van der Waals surface area contributed by atoms with Crippen LogP contribution in [0.5, 0.6) is 0 Å². The maximum atomic E-state index is 10.8. The third kappa shape index (κ3) is 3.05. The fraction of sp³-hybridized carbons (Fsp3) is 0.667. The SMILES string of the molecule is COC1CCN(c2nc(C(N)C(=O)O)cs2)C(C)C1. The van der Waals surface area contributed by atoms with E-state index >= 15 is 0 Å². The van der Waals surface area contributed by atoms with Gasteiger partial charge in [-0.25, -0.2) is 4.98 Å². The number of carbonyl (C=O) groups is 1. The van der Waals surface area contributed by atoms with E-state index in [-0.39, 0.29) is 0 Å². The average Bonchev–Trinajstić information content (AvgIpc) is 2.86. The second-order valence-corrected chi connectivity index (χ2v) is 5.63. The molecule has 3 N–H and O–H groups in total. The third-order valence-corrected chi connectivity index (χ3v) is 4.40. The predicted octanol–water partition coefficient (Wildman–Crippen LogP) is 1.23. The predicted molar refractivity (Wildman–Crippen MR) is 73.5 cm³/mol. The van der Waals surface area contributed by atoms with Crippen LogP contribution in [0.3, 0.4) is 0 Å². The molecular formula is C12H19N3O3S. The molecule has 1 aliphatic heterocycles. The molecule has 0 bridgehead atoms. The number of anilines is 1. The number of thiazole rings is 1. The standard InChI is InChI=1S/C12H19N3O3S/c1-7-5-8(18-2)3-4-15(7)12-14-9(6-19-12)10(13)11(16)17/h6-8,10H,3-5,13H2,1-2H3,(H,16,17). The fourth-order valence-corrected chi connectivity index (χ4v) is 3.29. The molecule has 1 fully saturated rings. The largest absolute Gasteiger partial charge is 0.480 e. The van der Waals surface area contributed by atoms with Gasteiger partial charge in [0.05, 0.1) is 11.8 Å². The lowest BCUT2D eigenvalue weighted by Gasteiger charge is -2.36. The van der Waals surface area contributed by atoms with Crippen molar-refractivity contribution >= 4 is 22.4 Å². The van der Waals surface area contributed by atoms with Crippen LogP contribution >= 0.6 is 11.3 Å². The zero-order chi connectivity index (χ0) is 14.0. The van der Waals surface area contributed by atoms with Gasteiger partial charge in [0.1, 0.15) is 6.04 Å². The quantitative estimate of drug-likeness (QED) is 0.865. The summed E-state index contributed by atoms with van der Waals surface area (Å²) in [6.07, 6.45) is 2.21. The van der Waals surface area contributed by atoms with E-state index in [1.807, 2.05) is 0 Å². The number of nitrogens with zero attached hydrogens (tertiary/aromatic N) is 2. The highest BCUT2D eigenvalue weighted by atomic mass is 32.1. The molecule has 1 aromatic heterocycles. The summed E-state index contributed by atoms with van der Waals surface area (Å²) < 4.78 is 5.38. The normalized spacial score (nSPS) is 25.3. The van der Waals surface area contributed by atoms with Crippen molar-refractivity contribution in [2.75, 3.05) is 18.6 Å². The van der Waals surface area contributed by atoms with Gasteiger partial charge in [-0.15, -0.1) is 11.3 Å². The summed E-state index contributed by atoms with van der Waals surface area (Å²) in [5, 5.41) is 11.5.